The van der Waals surface area contributed by atoms with Gasteiger partial charge in [-0.2, -0.15) is 0 Å². The van der Waals surface area contributed by atoms with E-state index >= 15 is 0 Å². The van der Waals surface area contributed by atoms with Crippen molar-refractivity contribution < 1.29 is 19.8 Å². The number of carboxylic acids is 2. The molecule has 0 amide bonds. The number of unbranched alkanes of at least 4 members (excludes halogenated alkanes) is 3. The standard InChI is InChI=1S/C12H27N.C8H6O4/c1-4-7-10-13(11-8-5-2)12-9-6-3;9-7(10)5-3-1-2-4-6(5)8(11)12/h4-12H2,1-3H3;1-4H,(H,9,10)(H,11,12). The fourth-order valence-electron chi connectivity index (χ4n) is 2.34. The summed E-state index contributed by atoms with van der Waals surface area (Å²) in [6.45, 7) is 10.8. The lowest BCUT2D eigenvalue weighted by molar-refractivity contribution is 0.0651. The summed E-state index contributed by atoms with van der Waals surface area (Å²) in [6.07, 6.45) is 8.09. The molecule has 0 aliphatic carbocycles. The summed E-state index contributed by atoms with van der Waals surface area (Å²) in [5.41, 5.74) is -0.380. The summed E-state index contributed by atoms with van der Waals surface area (Å²) in [5, 5.41) is 17.1. The van der Waals surface area contributed by atoms with Gasteiger partial charge >= 0.3 is 11.9 Å². The predicted molar refractivity (Wildman–Crippen MR) is 102 cm³/mol. The second kappa shape index (κ2) is 14.5. The molecule has 0 spiro atoms. The number of hydrogen-bond donors (Lipinski definition) is 2. The average Bonchev–Trinajstić information content (AvgIpc) is 2.61. The van der Waals surface area contributed by atoms with Gasteiger partial charge in [0.2, 0.25) is 0 Å². The molecule has 2 N–H and O–H groups in total. The SMILES string of the molecule is CCCCN(CCCC)CCCC.O=C(O)c1ccccc1C(=O)O. The van der Waals surface area contributed by atoms with E-state index in [0.29, 0.717) is 0 Å². The van der Waals surface area contributed by atoms with E-state index in [1.165, 1.54) is 82.4 Å². The highest BCUT2D eigenvalue weighted by atomic mass is 16.4. The highest BCUT2D eigenvalue weighted by Crippen LogP contribution is 2.07. The Labute approximate surface area is 151 Å². The fraction of sp³-hybridized carbons (Fsp3) is 0.600. The second-order valence-corrected chi connectivity index (χ2v) is 6.06. The van der Waals surface area contributed by atoms with Crippen LogP contribution >= 0.6 is 0 Å². The van der Waals surface area contributed by atoms with E-state index in [1.54, 1.807) is 0 Å². The third kappa shape index (κ3) is 10.6. The summed E-state index contributed by atoms with van der Waals surface area (Å²) in [5.74, 6) is -2.46. The average molecular weight is 351 g/mol. The molecular formula is C20H33NO4. The number of nitrogens with zero attached hydrogens (tertiary/aromatic N) is 1. The van der Waals surface area contributed by atoms with Gasteiger partial charge in [0.1, 0.15) is 0 Å². The molecule has 0 fully saturated rings. The Hall–Kier alpha value is -1.88. The number of carboxylic acid groups (broad SMARTS) is 2. The molecule has 0 saturated carbocycles. The van der Waals surface area contributed by atoms with Crippen LogP contribution in [-0.2, 0) is 0 Å². The third-order valence-corrected chi connectivity index (χ3v) is 3.87. The van der Waals surface area contributed by atoms with Crippen molar-refractivity contribution in [2.75, 3.05) is 19.6 Å². The minimum Gasteiger partial charge on any atom is -0.478 e. The van der Waals surface area contributed by atoms with Crippen molar-refractivity contribution in [3.8, 4) is 0 Å². The summed E-state index contributed by atoms with van der Waals surface area (Å²) in [6, 6.07) is 5.48. The third-order valence-electron chi connectivity index (χ3n) is 3.87. The Kier molecular flexibility index (Phi) is 13.4. The van der Waals surface area contributed by atoms with Crippen LogP contribution < -0.4 is 0 Å². The lowest BCUT2D eigenvalue weighted by Crippen LogP contribution is -2.27. The zero-order chi connectivity index (χ0) is 19.1. The molecular weight excluding hydrogens is 318 g/mol. The van der Waals surface area contributed by atoms with Crippen molar-refractivity contribution in [1.29, 1.82) is 0 Å². The smallest absolute Gasteiger partial charge is 0.336 e. The van der Waals surface area contributed by atoms with Gasteiger partial charge in [0, 0.05) is 0 Å². The molecule has 142 valence electrons. The number of benzene rings is 1. The highest BCUT2D eigenvalue weighted by molar-refractivity contribution is 6.01. The largest absolute Gasteiger partial charge is 0.478 e. The molecule has 0 radical (unpaired) electrons. The molecule has 1 aromatic rings. The molecule has 0 aromatic heterocycles. The lowest BCUT2D eigenvalue weighted by Gasteiger charge is -2.21. The molecule has 0 atom stereocenters. The first-order valence-corrected chi connectivity index (χ1v) is 9.25. The summed E-state index contributed by atoms with van der Waals surface area (Å²) < 4.78 is 0. The molecule has 0 aliphatic rings. The van der Waals surface area contributed by atoms with Crippen molar-refractivity contribution in [2.45, 2.75) is 59.3 Å². The maximum atomic E-state index is 10.5. The van der Waals surface area contributed by atoms with Crippen LogP contribution in [0, 0.1) is 0 Å². The van der Waals surface area contributed by atoms with E-state index in [2.05, 4.69) is 25.7 Å². The van der Waals surface area contributed by atoms with Crippen molar-refractivity contribution in [3.63, 3.8) is 0 Å². The van der Waals surface area contributed by atoms with Gasteiger partial charge in [-0.3, -0.25) is 0 Å². The van der Waals surface area contributed by atoms with E-state index in [4.69, 9.17) is 10.2 Å². The Bertz CT molecular complexity index is 450. The van der Waals surface area contributed by atoms with Gasteiger partial charge in [0.25, 0.3) is 0 Å². The Morgan fingerprint density at radius 1 is 0.760 bits per heavy atom. The Morgan fingerprint density at radius 2 is 1.08 bits per heavy atom. The zero-order valence-corrected chi connectivity index (χ0v) is 15.8. The molecule has 5 heteroatoms. The van der Waals surface area contributed by atoms with Gasteiger partial charge in [-0.15, -0.1) is 0 Å². The molecule has 0 bridgehead atoms. The first-order valence-electron chi connectivity index (χ1n) is 9.25. The summed E-state index contributed by atoms with van der Waals surface area (Å²) in [7, 11) is 0. The van der Waals surface area contributed by atoms with Crippen molar-refractivity contribution in [1.82, 2.24) is 4.90 Å². The predicted octanol–water partition coefficient (Wildman–Crippen LogP) is 4.77. The van der Waals surface area contributed by atoms with E-state index in [-0.39, 0.29) is 11.1 Å². The van der Waals surface area contributed by atoms with Gasteiger partial charge < -0.3 is 15.1 Å². The topological polar surface area (TPSA) is 77.8 Å². The van der Waals surface area contributed by atoms with Crippen LogP contribution in [-0.4, -0.2) is 46.7 Å². The van der Waals surface area contributed by atoms with Crippen molar-refractivity contribution >= 4 is 11.9 Å². The zero-order valence-electron chi connectivity index (χ0n) is 15.8. The first kappa shape index (κ1) is 23.1. The van der Waals surface area contributed by atoms with Gasteiger partial charge in [-0.05, 0) is 51.0 Å². The maximum absolute atomic E-state index is 10.5. The van der Waals surface area contributed by atoms with Crippen LogP contribution in [0.5, 0.6) is 0 Å². The second-order valence-electron chi connectivity index (χ2n) is 6.06. The molecule has 25 heavy (non-hydrogen) atoms. The fourth-order valence-corrected chi connectivity index (χ4v) is 2.34. The van der Waals surface area contributed by atoms with Crippen LogP contribution in [0.25, 0.3) is 0 Å². The number of hydrogen-bond acceptors (Lipinski definition) is 3. The number of aromatic carboxylic acids is 2. The highest BCUT2D eigenvalue weighted by Gasteiger charge is 2.13. The van der Waals surface area contributed by atoms with Gasteiger partial charge in [-0.25, -0.2) is 9.59 Å². The Morgan fingerprint density at radius 3 is 1.32 bits per heavy atom. The van der Waals surface area contributed by atoms with E-state index in [1.807, 2.05) is 0 Å². The van der Waals surface area contributed by atoms with Gasteiger partial charge in [0.05, 0.1) is 11.1 Å². The van der Waals surface area contributed by atoms with Crippen LogP contribution in [0.15, 0.2) is 24.3 Å². The van der Waals surface area contributed by atoms with Gasteiger partial charge in [0.15, 0.2) is 0 Å². The maximum Gasteiger partial charge on any atom is 0.336 e. The molecule has 1 rings (SSSR count). The van der Waals surface area contributed by atoms with E-state index < -0.39 is 11.9 Å². The normalized spacial score (nSPS) is 10.2. The van der Waals surface area contributed by atoms with Crippen molar-refractivity contribution in [2.24, 2.45) is 0 Å². The van der Waals surface area contributed by atoms with Gasteiger partial charge in [-0.1, -0.05) is 52.2 Å². The number of carbonyl (C=O) groups is 2. The van der Waals surface area contributed by atoms with E-state index in [0.717, 1.165) is 0 Å². The molecule has 0 unspecified atom stereocenters. The quantitative estimate of drug-likeness (QED) is 0.600. The number of rotatable bonds is 11. The van der Waals surface area contributed by atoms with Crippen LogP contribution in [0.4, 0.5) is 0 Å². The van der Waals surface area contributed by atoms with Crippen molar-refractivity contribution in [3.05, 3.63) is 35.4 Å². The first-order chi connectivity index (χ1) is 12.0. The monoisotopic (exact) mass is 351 g/mol. The summed E-state index contributed by atoms with van der Waals surface area (Å²) >= 11 is 0. The molecule has 1 aromatic carbocycles. The van der Waals surface area contributed by atoms with Crippen LogP contribution in [0.1, 0.15) is 80.0 Å². The lowest BCUT2D eigenvalue weighted by atomic mass is 10.1. The summed E-state index contributed by atoms with van der Waals surface area (Å²) in [4.78, 5) is 23.6. The molecule has 0 heterocycles. The minimum absolute atomic E-state index is 0.190. The Balaban J connectivity index is 0.000000462. The molecule has 0 aliphatic heterocycles. The minimum atomic E-state index is -1.23. The van der Waals surface area contributed by atoms with Crippen LogP contribution in [0.3, 0.4) is 0 Å². The van der Waals surface area contributed by atoms with E-state index in [9.17, 15) is 9.59 Å². The molecule has 0 saturated heterocycles. The van der Waals surface area contributed by atoms with Crippen LogP contribution in [0.2, 0.25) is 0 Å². The molecule has 5 nitrogen and oxygen atoms in total.